The Bertz CT molecular complexity index is 988. The minimum atomic E-state index is -1.10. The number of carbonyl (C=O) groups excluding carboxylic acids is 2. The van der Waals surface area contributed by atoms with E-state index in [2.05, 4.69) is 10.2 Å². The molecule has 0 radical (unpaired) electrons. The van der Waals surface area contributed by atoms with Crippen molar-refractivity contribution in [2.24, 2.45) is 5.92 Å². The monoisotopic (exact) mass is 483 g/mol. The van der Waals surface area contributed by atoms with Crippen LogP contribution in [0.5, 0.6) is 0 Å². The molecule has 2 amide bonds. The predicted molar refractivity (Wildman–Crippen MR) is 135 cm³/mol. The molecule has 1 saturated carbocycles. The molecule has 0 aromatic heterocycles. The summed E-state index contributed by atoms with van der Waals surface area (Å²) in [5, 5.41) is 13.8. The van der Waals surface area contributed by atoms with Gasteiger partial charge in [0.2, 0.25) is 0 Å². The van der Waals surface area contributed by atoms with Crippen molar-refractivity contribution in [3.63, 3.8) is 0 Å². The Balaban J connectivity index is 1.19. The van der Waals surface area contributed by atoms with Crippen LogP contribution in [-0.2, 0) is 4.79 Å². The maximum atomic E-state index is 12.5. The molecular formula is C27H34ClN3O3. The normalized spacial score (nSPS) is 17.3. The number of hydrogen-bond donors (Lipinski definition) is 2. The molecular weight excluding hydrogens is 450 g/mol. The second-order valence-electron chi connectivity index (χ2n) is 9.56. The van der Waals surface area contributed by atoms with Crippen molar-refractivity contribution in [1.29, 1.82) is 0 Å². The summed E-state index contributed by atoms with van der Waals surface area (Å²) in [5.41, 5.74) is 2.23. The van der Waals surface area contributed by atoms with Gasteiger partial charge in [-0.25, -0.2) is 0 Å². The van der Waals surface area contributed by atoms with Gasteiger partial charge in [-0.2, -0.15) is 0 Å². The lowest BCUT2D eigenvalue weighted by atomic mass is 9.91. The van der Waals surface area contributed by atoms with Crippen molar-refractivity contribution in [2.45, 2.75) is 50.7 Å². The van der Waals surface area contributed by atoms with Crippen LogP contribution in [0.4, 0.5) is 5.69 Å². The number of nitrogens with one attached hydrogen (secondary N) is 1. The summed E-state index contributed by atoms with van der Waals surface area (Å²) in [7, 11) is 1.76. The number of benzene rings is 2. The zero-order valence-electron chi connectivity index (χ0n) is 19.8. The number of nitrogens with zero attached hydrogens (tertiary/aromatic N) is 2. The van der Waals surface area contributed by atoms with E-state index in [9.17, 15) is 14.7 Å². The van der Waals surface area contributed by atoms with Gasteiger partial charge in [-0.1, -0.05) is 41.9 Å². The zero-order valence-corrected chi connectivity index (χ0v) is 20.5. The third kappa shape index (κ3) is 6.30. The SMILES string of the molecule is CN(CCCC1CCN(c2ccc(C(=O)NC3CC3)c(Cl)c2)CC1)C(=O)C(O)c1ccccc1. The highest BCUT2D eigenvalue weighted by atomic mass is 35.5. The molecule has 1 atom stereocenters. The number of aliphatic hydroxyl groups is 1. The largest absolute Gasteiger partial charge is 0.378 e. The number of amides is 2. The third-order valence-electron chi connectivity index (χ3n) is 6.92. The first-order valence-corrected chi connectivity index (χ1v) is 12.6. The second-order valence-corrected chi connectivity index (χ2v) is 9.96. The Hall–Kier alpha value is -2.57. The van der Waals surface area contributed by atoms with Crippen LogP contribution >= 0.6 is 11.6 Å². The molecule has 0 bridgehead atoms. The highest BCUT2D eigenvalue weighted by Crippen LogP contribution is 2.30. The molecule has 2 N–H and O–H groups in total. The van der Waals surface area contributed by atoms with Gasteiger partial charge in [0.1, 0.15) is 0 Å². The fourth-order valence-corrected chi connectivity index (χ4v) is 4.83. The van der Waals surface area contributed by atoms with Crippen LogP contribution in [0.2, 0.25) is 5.02 Å². The van der Waals surface area contributed by atoms with Crippen LogP contribution in [0.1, 0.15) is 60.6 Å². The number of rotatable bonds is 9. The molecule has 4 rings (SSSR count). The Kier molecular flexibility index (Phi) is 8.11. The Morgan fingerprint density at radius 3 is 2.47 bits per heavy atom. The summed E-state index contributed by atoms with van der Waals surface area (Å²) in [5.74, 6) is 0.280. The van der Waals surface area contributed by atoms with Crippen molar-refractivity contribution in [3.8, 4) is 0 Å². The predicted octanol–water partition coefficient (Wildman–Crippen LogP) is 4.42. The van der Waals surface area contributed by atoms with E-state index in [1.165, 1.54) is 0 Å². The van der Waals surface area contributed by atoms with E-state index in [1.807, 2.05) is 36.4 Å². The Morgan fingerprint density at radius 1 is 1.12 bits per heavy atom. The Labute approximate surface area is 206 Å². The van der Waals surface area contributed by atoms with Crippen molar-refractivity contribution in [3.05, 3.63) is 64.7 Å². The maximum absolute atomic E-state index is 12.5. The van der Waals surface area contributed by atoms with Crippen molar-refractivity contribution in [2.75, 3.05) is 31.6 Å². The van der Waals surface area contributed by atoms with Crippen LogP contribution in [0.15, 0.2) is 48.5 Å². The van der Waals surface area contributed by atoms with Crippen molar-refractivity contribution < 1.29 is 14.7 Å². The number of anilines is 1. The van der Waals surface area contributed by atoms with Crippen LogP contribution in [0.25, 0.3) is 0 Å². The van der Waals surface area contributed by atoms with Gasteiger partial charge in [0.15, 0.2) is 6.10 Å². The molecule has 34 heavy (non-hydrogen) atoms. The molecule has 2 aromatic rings. The lowest BCUT2D eigenvalue weighted by Crippen LogP contribution is -2.35. The molecule has 1 aliphatic heterocycles. The molecule has 2 aliphatic rings. The van der Waals surface area contributed by atoms with Gasteiger partial charge in [0, 0.05) is 38.4 Å². The molecule has 1 saturated heterocycles. The summed E-state index contributed by atoms with van der Waals surface area (Å²) in [6.07, 6.45) is 5.17. The van der Waals surface area contributed by atoms with Gasteiger partial charge >= 0.3 is 0 Å². The van der Waals surface area contributed by atoms with Crippen LogP contribution < -0.4 is 10.2 Å². The minimum absolute atomic E-state index is 0.0857. The van der Waals surface area contributed by atoms with Gasteiger partial charge in [-0.05, 0) is 68.2 Å². The highest BCUT2D eigenvalue weighted by molar-refractivity contribution is 6.34. The maximum Gasteiger partial charge on any atom is 0.255 e. The molecule has 2 aromatic carbocycles. The van der Waals surface area contributed by atoms with E-state index < -0.39 is 6.10 Å². The number of carbonyl (C=O) groups is 2. The summed E-state index contributed by atoms with van der Waals surface area (Å²) in [4.78, 5) is 28.8. The number of hydrogen-bond acceptors (Lipinski definition) is 4. The first kappa shape index (κ1) is 24.6. The summed E-state index contributed by atoms with van der Waals surface area (Å²) >= 11 is 6.42. The number of likely N-dealkylation sites (N-methyl/N-ethyl adjacent to an activating group) is 1. The van der Waals surface area contributed by atoms with Crippen LogP contribution in [-0.4, -0.2) is 54.5 Å². The Morgan fingerprint density at radius 2 is 1.82 bits per heavy atom. The van der Waals surface area contributed by atoms with Gasteiger partial charge < -0.3 is 20.2 Å². The van der Waals surface area contributed by atoms with Gasteiger partial charge in [0.05, 0.1) is 10.6 Å². The summed E-state index contributed by atoms with van der Waals surface area (Å²) in [6, 6.07) is 15.1. The molecule has 2 fully saturated rings. The first-order valence-electron chi connectivity index (χ1n) is 12.3. The van der Waals surface area contributed by atoms with Crippen molar-refractivity contribution >= 4 is 29.1 Å². The van der Waals surface area contributed by atoms with Crippen LogP contribution in [0, 0.1) is 5.92 Å². The summed E-state index contributed by atoms with van der Waals surface area (Å²) in [6.45, 7) is 2.55. The fraction of sp³-hybridized carbons (Fsp3) is 0.481. The second kappa shape index (κ2) is 11.2. The first-order chi connectivity index (χ1) is 16.4. The van der Waals surface area contributed by atoms with E-state index in [1.54, 1.807) is 24.1 Å². The smallest absolute Gasteiger partial charge is 0.255 e. The van der Waals surface area contributed by atoms with Crippen LogP contribution in [0.3, 0.4) is 0 Å². The van der Waals surface area contributed by atoms with E-state index in [0.29, 0.717) is 34.7 Å². The topological polar surface area (TPSA) is 72.9 Å². The number of piperidine rings is 1. The molecule has 182 valence electrons. The van der Waals surface area contributed by atoms with Gasteiger partial charge in [-0.15, -0.1) is 0 Å². The third-order valence-corrected chi connectivity index (χ3v) is 7.23. The van der Waals surface area contributed by atoms with Gasteiger partial charge in [0.25, 0.3) is 11.8 Å². The quantitative estimate of drug-likeness (QED) is 0.553. The lowest BCUT2D eigenvalue weighted by molar-refractivity contribution is -0.139. The minimum Gasteiger partial charge on any atom is -0.378 e. The molecule has 1 aliphatic carbocycles. The van der Waals surface area contributed by atoms with E-state index in [4.69, 9.17) is 11.6 Å². The fourth-order valence-electron chi connectivity index (χ4n) is 4.57. The summed E-state index contributed by atoms with van der Waals surface area (Å²) < 4.78 is 0. The van der Waals surface area contributed by atoms with E-state index >= 15 is 0 Å². The number of aliphatic hydroxyl groups excluding tert-OH is 1. The highest BCUT2D eigenvalue weighted by Gasteiger charge is 2.26. The standard InChI is InChI=1S/C27H34ClN3O3/c1-30(27(34)25(32)20-7-3-2-4-8-20)15-5-6-19-13-16-31(17-14-19)22-11-12-23(24(28)18-22)26(33)29-21-9-10-21/h2-4,7-8,11-12,18-19,21,25,32H,5-6,9-10,13-17H2,1H3,(H,29,33). The number of halogens is 1. The molecule has 7 heteroatoms. The van der Waals surface area contributed by atoms with Gasteiger partial charge in [-0.3, -0.25) is 9.59 Å². The average Bonchev–Trinajstić information content (AvgIpc) is 3.67. The van der Waals surface area contributed by atoms with Crippen molar-refractivity contribution in [1.82, 2.24) is 10.2 Å². The molecule has 0 spiro atoms. The van der Waals surface area contributed by atoms with E-state index in [-0.39, 0.29) is 11.8 Å². The van der Waals surface area contributed by atoms with E-state index in [0.717, 1.165) is 57.3 Å². The average molecular weight is 484 g/mol. The molecule has 6 nitrogen and oxygen atoms in total. The molecule has 1 unspecified atom stereocenters. The lowest BCUT2D eigenvalue weighted by Gasteiger charge is -2.34. The molecule has 1 heterocycles. The zero-order chi connectivity index (χ0) is 24.1.